The lowest BCUT2D eigenvalue weighted by atomic mass is 10.1. The van der Waals surface area contributed by atoms with Crippen molar-refractivity contribution in [2.75, 3.05) is 40.5 Å². The van der Waals surface area contributed by atoms with Crippen LogP contribution < -0.4 is 9.47 Å². The summed E-state index contributed by atoms with van der Waals surface area (Å²) in [5, 5.41) is 0. The summed E-state index contributed by atoms with van der Waals surface area (Å²) in [7, 11) is 4.17. The zero-order valence-electron chi connectivity index (χ0n) is 44.7. The summed E-state index contributed by atoms with van der Waals surface area (Å²) in [4.78, 5) is 26.4. The zero-order valence-corrected chi connectivity index (χ0v) is 44.7. The molecule has 0 amide bonds. The average Bonchev–Trinajstić information content (AvgIpc) is 3.32. The van der Waals surface area contributed by atoms with E-state index in [1.807, 2.05) is 6.07 Å². The van der Waals surface area contributed by atoms with Crippen LogP contribution in [0, 0.1) is 0 Å². The Morgan fingerprint density at radius 1 is 0.397 bits per heavy atom. The van der Waals surface area contributed by atoms with E-state index < -0.39 is 0 Å². The molecule has 0 aliphatic carbocycles. The first-order valence-electron chi connectivity index (χ1n) is 28.4. The standard InChI is InChI=1S/C61H105NO6/c1-5-7-9-11-13-15-17-19-21-23-25-27-29-35-41-47-60(63)67-51-45-39-33-31-37-43-49-65-58-53-57(56-62(3)4)54-59(55-58)66-50-44-38-32-34-40-46-52-68-61(64)48-42-36-30-28-26-24-22-20-18-16-14-12-10-8-6-2/h13-16,19-22,53-55H,5-12,17-18,23-52,56H2,1-4H3. The van der Waals surface area contributed by atoms with E-state index in [1.54, 1.807) is 0 Å². The summed E-state index contributed by atoms with van der Waals surface area (Å²) in [5.41, 5.74) is 1.20. The molecular formula is C61H105NO6. The molecule has 0 saturated carbocycles. The Morgan fingerprint density at radius 3 is 1.09 bits per heavy atom. The smallest absolute Gasteiger partial charge is 0.305 e. The molecule has 0 unspecified atom stereocenters. The van der Waals surface area contributed by atoms with Gasteiger partial charge in [-0.05, 0) is 135 Å². The number of ether oxygens (including phenoxy) is 4. The molecule has 0 aromatic heterocycles. The lowest BCUT2D eigenvalue weighted by molar-refractivity contribution is -0.144. The van der Waals surface area contributed by atoms with Crippen molar-refractivity contribution in [3.63, 3.8) is 0 Å². The number of hydrogen-bond acceptors (Lipinski definition) is 7. The Balaban J connectivity index is 2.01. The maximum atomic E-state index is 12.1. The van der Waals surface area contributed by atoms with Gasteiger partial charge in [-0.1, -0.05) is 178 Å². The molecule has 7 nitrogen and oxygen atoms in total. The van der Waals surface area contributed by atoms with Gasteiger partial charge in [0.25, 0.3) is 0 Å². The van der Waals surface area contributed by atoms with E-state index in [-0.39, 0.29) is 11.9 Å². The Labute approximate surface area is 419 Å². The molecule has 1 aromatic carbocycles. The van der Waals surface area contributed by atoms with E-state index >= 15 is 0 Å². The van der Waals surface area contributed by atoms with Crippen LogP contribution in [0.25, 0.3) is 0 Å². The Bertz CT molecular complexity index is 1300. The van der Waals surface area contributed by atoms with Gasteiger partial charge < -0.3 is 23.8 Å². The maximum Gasteiger partial charge on any atom is 0.305 e. The first-order valence-corrected chi connectivity index (χ1v) is 28.4. The molecule has 1 rings (SSSR count). The first-order chi connectivity index (χ1) is 33.4. The molecule has 0 heterocycles. The second-order valence-electron chi connectivity index (χ2n) is 19.4. The molecule has 0 radical (unpaired) electrons. The number of unbranched alkanes of at least 4 members (excludes halogenated alkanes) is 26. The summed E-state index contributed by atoms with van der Waals surface area (Å²) in [6.45, 7) is 7.84. The quantitative estimate of drug-likeness (QED) is 0.0366. The minimum atomic E-state index is -0.0340. The van der Waals surface area contributed by atoms with Gasteiger partial charge >= 0.3 is 11.9 Å². The number of carbonyl (C=O) groups excluding carboxylic acids is 2. The Hall–Kier alpha value is -3.32. The molecule has 0 bridgehead atoms. The highest BCUT2D eigenvalue weighted by Crippen LogP contribution is 2.25. The number of benzene rings is 1. The van der Waals surface area contributed by atoms with Gasteiger partial charge in [-0.25, -0.2) is 0 Å². The normalized spacial score (nSPS) is 11.9. The van der Waals surface area contributed by atoms with Crippen molar-refractivity contribution >= 4 is 11.9 Å². The van der Waals surface area contributed by atoms with Gasteiger partial charge in [-0.15, -0.1) is 0 Å². The topological polar surface area (TPSA) is 74.3 Å². The van der Waals surface area contributed by atoms with Crippen LogP contribution in [-0.4, -0.2) is 57.4 Å². The Kier molecular flexibility index (Phi) is 46.2. The van der Waals surface area contributed by atoms with Gasteiger partial charge in [-0.2, -0.15) is 0 Å². The van der Waals surface area contributed by atoms with E-state index in [2.05, 4.69) is 93.6 Å². The molecule has 0 saturated heterocycles. The van der Waals surface area contributed by atoms with Crippen molar-refractivity contribution in [3.05, 3.63) is 72.4 Å². The van der Waals surface area contributed by atoms with Crippen LogP contribution >= 0.6 is 0 Å². The van der Waals surface area contributed by atoms with Crippen molar-refractivity contribution in [1.82, 2.24) is 4.90 Å². The zero-order chi connectivity index (χ0) is 49.1. The molecule has 0 fully saturated rings. The Morgan fingerprint density at radius 2 is 0.721 bits per heavy atom. The third-order valence-electron chi connectivity index (χ3n) is 12.2. The van der Waals surface area contributed by atoms with Gasteiger partial charge in [-0.3, -0.25) is 9.59 Å². The molecule has 0 spiro atoms. The van der Waals surface area contributed by atoms with Crippen molar-refractivity contribution in [2.45, 2.75) is 252 Å². The molecule has 68 heavy (non-hydrogen) atoms. The van der Waals surface area contributed by atoms with Crippen molar-refractivity contribution < 1.29 is 28.5 Å². The molecule has 0 N–H and O–H groups in total. The second kappa shape index (κ2) is 50.1. The summed E-state index contributed by atoms with van der Waals surface area (Å²) >= 11 is 0. The van der Waals surface area contributed by atoms with Crippen molar-refractivity contribution in [3.8, 4) is 11.5 Å². The molecular weight excluding hydrogens is 843 g/mol. The minimum Gasteiger partial charge on any atom is -0.493 e. The number of rotatable bonds is 50. The summed E-state index contributed by atoms with van der Waals surface area (Å²) < 4.78 is 23.4. The lowest BCUT2D eigenvalue weighted by Gasteiger charge is -2.15. The fraction of sp³-hybridized carbons (Fsp3) is 0.738. The molecule has 0 aliphatic rings. The van der Waals surface area contributed by atoms with Crippen molar-refractivity contribution in [2.24, 2.45) is 0 Å². The van der Waals surface area contributed by atoms with Gasteiger partial charge in [0.15, 0.2) is 0 Å². The van der Waals surface area contributed by atoms with E-state index in [0.29, 0.717) is 39.3 Å². The predicted molar refractivity (Wildman–Crippen MR) is 291 cm³/mol. The first kappa shape index (κ1) is 62.7. The number of carbonyl (C=O) groups is 2. The second-order valence-corrected chi connectivity index (χ2v) is 19.4. The monoisotopic (exact) mass is 948 g/mol. The number of nitrogens with zero attached hydrogens (tertiary/aromatic N) is 1. The van der Waals surface area contributed by atoms with Crippen LogP contribution in [0.1, 0.15) is 251 Å². The van der Waals surface area contributed by atoms with Crippen LogP contribution in [-0.2, 0) is 25.6 Å². The molecule has 1 aromatic rings. The van der Waals surface area contributed by atoms with Crippen LogP contribution in [0.3, 0.4) is 0 Å². The predicted octanol–water partition coefficient (Wildman–Crippen LogP) is 17.9. The highest BCUT2D eigenvalue weighted by atomic mass is 16.5. The van der Waals surface area contributed by atoms with Gasteiger partial charge in [0, 0.05) is 25.5 Å². The molecule has 390 valence electrons. The maximum absolute atomic E-state index is 12.1. The highest BCUT2D eigenvalue weighted by Gasteiger charge is 2.07. The largest absolute Gasteiger partial charge is 0.493 e. The van der Waals surface area contributed by atoms with Crippen LogP contribution in [0.5, 0.6) is 11.5 Å². The SMILES string of the molecule is CCCCCC=CCC=CCCCCCCCC(=O)OCCCCCCCCOc1cc(CN(C)C)cc(OCCCCCCCCOC(=O)CCCCCCCC=CCC=CCCCCC)c1. The van der Waals surface area contributed by atoms with Crippen molar-refractivity contribution in [1.29, 1.82) is 0 Å². The van der Waals surface area contributed by atoms with Gasteiger partial charge in [0.2, 0.25) is 0 Å². The molecule has 7 heteroatoms. The van der Waals surface area contributed by atoms with E-state index in [9.17, 15) is 9.59 Å². The lowest BCUT2D eigenvalue weighted by Crippen LogP contribution is -2.11. The summed E-state index contributed by atoms with van der Waals surface area (Å²) in [5.74, 6) is 1.70. The van der Waals surface area contributed by atoms with Crippen LogP contribution in [0.4, 0.5) is 0 Å². The van der Waals surface area contributed by atoms with Gasteiger partial charge in [0.1, 0.15) is 11.5 Å². The summed E-state index contributed by atoms with van der Waals surface area (Å²) in [6.07, 6.45) is 58.8. The fourth-order valence-electron chi connectivity index (χ4n) is 8.13. The fourth-order valence-corrected chi connectivity index (χ4v) is 8.13. The van der Waals surface area contributed by atoms with E-state index in [0.717, 1.165) is 134 Å². The number of allylic oxidation sites excluding steroid dienone is 8. The number of hydrogen-bond donors (Lipinski definition) is 0. The van der Waals surface area contributed by atoms with Crippen LogP contribution in [0.2, 0.25) is 0 Å². The highest BCUT2D eigenvalue weighted by molar-refractivity contribution is 5.69. The third kappa shape index (κ3) is 45.1. The summed E-state index contributed by atoms with van der Waals surface area (Å²) in [6, 6.07) is 6.31. The van der Waals surface area contributed by atoms with E-state index in [1.165, 1.54) is 108 Å². The number of esters is 2. The molecule has 0 atom stereocenters. The van der Waals surface area contributed by atoms with E-state index in [4.69, 9.17) is 18.9 Å². The average molecular weight is 949 g/mol. The minimum absolute atomic E-state index is 0.0340. The van der Waals surface area contributed by atoms with Gasteiger partial charge in [0.05, 0.1) is 26.4 Å². The van der Waals surface area contributed by atoms with Crippen LogP contribution in [0.15, 0.2) is 66.8 Å². The molecule has 0 aliphatic heterocycles. The third-order valence-corrected chi connectivity index (χ3v) is 12.2.